The van der Waals surface area contributed by atoms with Crippen molar-refractivity contribution in [2.24, 2.45) is 0 Å². The average Bonchev–Trinajstić information content (AvgIpc) is 2.85. The van der Waals surface area contributed by atoms with E-state index in [1.807, 2.05) is 0 Å². The molecule has 0 bridgehead atoms. The Kier molecular flexibility index (Phi) is 13.6. The number of alkyl halides is 2. The first kappa shape index (κ1) is 27.2. The number of nitrogens with zero attached hydrogens (tertiary/aromatic N) is 2. The Labute approximate surface area is 199 Å². The Balaban J connectivity index is 1.67. The van der Waals surface area contributed by atoms with E-state index in [1.165, 1.54) is 56.9 Å². The first-order valence-electron chi connectivity index (χ1n) is 12.9. The third kappa shape index (κ3) is 11.6. The summed E-state index contributed by atoms with van der Waals surface area (Å²) in [5.41, 5.74) is 2.30. The number of hydrogen-bond acceptors (Lipinski definition) is 3. The minimum atomic E-state index is -1.11. The summed E-state index contributed by atoms with van der Waals surface area (Å²) in [6.45, 7) is 4.00. The number of unbranched alkanes of at least 4 members (excludes halogenated alkanes) is 7. The predicted molar refractivity (Wildman–Crippen MR) is 133 cm³/mol. The van der Waals surface area contributed by atoms with Gasteiger partial charge in [0.2, 0.25) is 0 Å². The molecule has 0 aliphatic carbocycles. The van der Waals surface area contributed by atoms with E-state index >= 15 is 0 Å². The molecule has 0 N–H and O–H groups in total. The van der Waals surface area contributed by atoms with Crippen LogP contribution in [0.3, 0.4) is 0 Å². The lowest BCUT2D eigenvalue weighted by molar-refractivity contribution is 0.178. The van der Waals surface area contributed by atoms with Crippen LogP contribution in [0.25, 0.3) is 11.4 Å². The largest absolute Gasteiger partial charge is 0.487 e. The molecule has 184 valence electrons. The predicted octanol–water partition coefficient (Wildman–Crippen LogP) is 8.46. The summed E-state index contributed by atoms with van der Waals surface area (Å²) >= 11 is 0. The molecule has 1 aromatic heterocycles. The van der Waals surface area contributed by atoms with Crippen molar-refractivity contribution in [1.82, 2.24) is 9.97 Å². The molecule has 0 radical (unpaired) electrons. The zero-order valence-corrected chi connectivity index (χ0v) is 20.6. The van der Waals surface area contributed by atoms with Gasteiger partial charge in [-0.05, 0) is 44.1 Å². The third-order valence-corrected chi connectivity index (χ3v) is 6.07. The molecule has 0 amide bonds. The molecule has 2 atom stereocenters. The smallest absolute Gasteiger partial charge is 0.159 e. The number of aromatic nitrogens is 2. The summed E-state index contributed by atoms with van der Waals surface area (Å²) in [5, 5.41) is 0. The lowest BCUT2D eigenvalue weighted by atomic mass is 10.0. The maximum Gasteiger partial charge on any atom is 0.159 e. The van der Waals surface area contributed by atoms with E-state index in [0.29, 0.717) is 37.3 Å². The van der Waals surface area contributed by atoms with Gasteiger partial charge in [-0.3, -0.25) is 0 Å². The molecular formula is C28H42F2N2O. The third-order valence-electron chi connectivity index (χ3n) is 6.07. The number of aryl methyl sites for hydroxylation is 1. The highest BCUT2D eigenvalue weighted by Crippen LogP contribution is 2.19. The summed E-state index contributed by atoms with van der Waals surface area (Å²) < 4.78 is 32.6. The number of hydrogen-bond donors (Lipinski definition) is 0. The van der Waals surface area contributed by atoms with Crippen molar-refractivity contribution < 1.29 is 13.5 Å². The van der Waals surface area contributed by atoms with Gasteiger partial charge in [0.25, 0.3) is 0 Å². The van der Waals surface area contributed by atoms with Gasteiger partial charge in [0.05, 0.1) is 18.6 Å². The van der Waals surface area contributed by atoms with E-state index in [9.17, 15) is 8.78 Å². The fourth-order valence-electron chi connectivity index (χ4n) is 3.86. The molecule has 2 aromatic rings. The molecule has 0 aliphatic rings. The fourth-order valence-corrected chi connectivity index (χ4v) is 3.86. The van der Waals surface area contributed by atoms with Crippen LogP contribution < -0.4 is 4.74 Å². The molecule has 1 heterocycles. The Morgan fingerprint density at radius 3 is 2.00 bits per heavy atom. The van der Waals surface area contributed by atoms with Gasteiger partial charge in [-0.15, -0.1) is 0 Å². The van der Waals surface area contributed by atoms with Crippen LogP contribution in [-0.4, -0.2) is 28.9 Å². The highest BCUT2D eigenvalue weighted by molar-refractivity contribution is 5.55. The van der Waals surface area contributed by atoms with Crippen molar-refractivity contribution in [2.75, 3.05) is 6.61 Å². The molecule has 0 aliphatic heterocycles. The number of benzene rings is 1. The number of rotatable bonds is 18. The molecule has 0 saturated carbocycles. The van der Waals surface area contributed by atoms with Crippen molar-refractivity contribution in [3.63, 3.8) is 0 Å². The van der Waals surface area contributed by atoms with Crippen LogP contribution in [0.1, 0.15) is 96.5 Å². The zero-order valence-electron chi connectivity index (χ0n) is 20.6. The summed E-state index contributed by atoms with van der Waals surface area (Å²) in [7, 11) is 0. The van der Waals surface area contributed by atoms with E-state index in [2.05, 4.69) is 41.2 Å². The molecular weight excluding hydrogens is 418 g/mol. The van der Waals surface area contributed by atoms with E-state index in [4.69, 9.17) is 4.74 Å². The van der Waals surface area contributed by atoms with Crippen LogP contribution in [0.2, 0.25) is 0 Å². The van der Waals surface area contributed by atoms with Crippen molar-refractivity contribution >= 4 is 0 Å². The molecule has 2 rings (SSSR count). The van der Waals surface area contributed by atoms with Gasteiger partial charge in [-0.25, -0.2) is 18.7 Å². The minimum Gasteiger partial charge on any atom is -0.487 e. The highest BCUT2D eigenvalue weighted by Gasteiger charge is 2.11. The maximum absolute atomic E-state index is 13.9. The van der Waals surface area contributed by atoms with Crippen LogP contribution in [0, 0.1) is 0 Å². The monoisotopic (exact) mass is 460 g/mol. The van der Waals surface area contributed by atoms with Crippen LogP contribution in [0.15, 0.2) is 36.7 Å². The van der Waals surface area contributed by atoms with Gasteiger partial charge in [0.1, 0.15) is 12.8 Å². The molecule has 0 spiro atoms. The van der Waals surface area contributed by atoms with Crippen molar-refractivity contribution in [3.05, 3.63) is 42.2 Å². The standard InChI is InChI=1S/C28H42F2N2O/c1-3-5-6-7-8-9-10-11-13-23-16-18-24(19-17-23)28-31-20-27(21-32-28)33-22-26(30)15-12-14-25(29)4-2/h16-21,25-26H,3-15,22H2,1-2H3. The summed E-state index contributed by atoms with van der Waals surface area (Å²) in [6, 6.07) is 8.42. The van der Waals surface area contributed by atoms with Gasteiger partial charge >= 0.3 is 0 Å². The lowest BCUT2D eigenvalue weighted by Crippen LogP contribution is -2.13. The second kappa shape index (κ2) is 16.6. The molecule has 2 unspecified atom stereocenters. The highest BCUT2D eigenvalue weighted by atomic mass is 19.1. The van der Waals surface area contributed by atoms with Gasteiger partial charge in [-0.2, -0.15) is 0 Å². The van der Waals surface area contributed by atoms with Gasteiger partial charge in [0.15, 0.2) is 11.6 Å². The molecule has 5 heteroatoms. The van der Waals surface area contributed by atoms with Crippen LogP contribution in [-0.2, 0) is 6.42 Å². The van der Waals surface area contributed by atoms with Gasteiger partial charge in [-0.1, -0.05) is 83.1 Å². The molecule has 3 nitrogen and oxygen atoms in total. The number of halogens is 2. The topological polar surface area (TPSA) is 35.0 Å². The number of ether oxygens (including phenoxy) is 1. The molecule has 33 heavy (non-hydrogen) atoms. The summed E-state index contributed by atoms with van der Waals surface area (Å²) in [5.74, 6) is 1.08. The van der Waals surface area contributed by atoms with Crippen LogP contribution in [0.5, 0.6) is 5.75 Å². The first-order valence-corrected chi connectivity index (χ1v) is 12.9. The summed E-state index contributed by atoms with van der Waals surface area (Å²) in [6.07, 6.45) is 14.7. The van der Waals surface area contributed by atoms with Crippen LogP contribution >= 0.6 is 0 Å². The molecule has 0 saturated heterocycles. The Morgan fingerprint density at radius 1 is 0.758 bits per heavy atom. The molecule has 1 aromatic carbocycles. The van der Waals surface area contributed by atoms with E-state index in [-0.39, 0.29) is 6.61 Å². The lowest BCUT2D eigenvalue weighted by Gasteiger charge is -2.11. The fraction of sp³-hybridized carbons (Fsp3) is 0.643. The normalized spacial score (nSPS) is 13.1. The van der Waals surface area contributed by atoms with Crippen molar-refractivity contribution in [1.29, 1.82) is 0 Å². The first-order chi connectivity index (χ1) is 16.1. The van der Waals surface area contributed by atoms with Gasteiger partial charge < -0.3 is 4.74 Å². The second-order valence-corrected chi connectivity index (χ2v) is 9.01. The van der Waals surface area contributed by atoms with E-state index < -0.39 is 12.3 Å². The SMILES string of the molecule is CCCCCCCCCCc1ccc(-c2ncc(OCC(F)CCCC(F)CC)cn2)cc1. The van der Waals surface area contributed by atoms with Crippen LogP contribution in [0.4, 0.5) is 8.78 Å². The van der Waals surface area contributed by atoms with E-state index in [0.717, 1.165) is 12.0 Å². The Morgan fingerprint density at radius 2 is 1.36 bits per heavy atom. The quantitative estimate of drug-likeness (QED) is 0.209. The second-order valence-electron chi connectivity index (χ2n) is 9.01. The minimum absolute atomic E-state index is 0.0563. The van der Waals surface area contributed by atoms with E-state index in [1.54, 1.807) is 19.3 Å². The zero-order chi connectivity index (χ0) is 23.7. The van der Waals surface area contributed by atoms with Crippen molar-refractivity contribution in [3.8, 4) is 17.1 Å². The Hall–Kier alpha value is -2.04. The van der Waals surface area contributed by atoms with Crippen molar-refractivity contribution in [2.45, 2.75) is 110 Å². The maximum atomic E-state index is 13.9. The summed E-state index contributed by atoms with van der Waals surface area (Å²) in [4.78, 5) is 8.72. The molecule has 0 fully saturated rings. The Bertz CT molecular complexity index is 737. The average molecular weight is 461 g/mol. The van der Waals surface area contributed by atoms with Gasteiger partial charge in [0, 0.05) is 5.56 Å².